The molecule has 2 heterocycles. The van der Waals surface area contributed by atoms with Gasteiger partial charge in [-0.15, -0.1) is 0 Å². The number of anilines is 3. The van der Waals surface area contributed by atoms with E-state index in [0.717, 1.165) is 23.4 Å². The van der Waals surface area contributed by atoms with Gasteiger partial charge in [0, 0.05) is 29.7 Å². The van der Waals surface area contributed by atoms with Gasteiger partial charge in [0.15, 0.2) is 0 Å². The zero-order valence-electron chi connectivity index (χ0n) is 14.6. The van der Waals surface area contributed by atoms with Gasteiger partial charge in [0.05, 0.1) is 5.39 Å². The lowest BCUT2D eigenvalue weighted by Crippen LogP contribution is -2.12. The molecule has 136 valence electrons. The van der Waals surface area contributed by atoms with Crippen molar-refractivity contribution in [2.24, 2.45) is 0 Å². The van der Waals surface area contributed by atoms with Crippen LogP contribution in [0.25, 0.3) is 11.0 Å². The molecule has 0 radical (unpaired) electrons. The first-order valence-electron chi connectivity index (χ1n) is 8.61. The third kappa shape index (κ3) is 3.62. The zero-order valence-corrected chi connectivity index (χ0v) is 14.6. The average molecular weight is 360 g/mol. The molecule has 0 saturated heterocycles. The maximum atomic E-state index is 12.1. The number of aromatic amines is 2. The van der Waals surface area contributed by atoms with E-state index in [1.54, 1.807) is 6.20 Å². The Kier molecular flexibility index (Phi) is 4.25. The number of hydrogen-bond donors (Lipinski definition) is 5. The van der Waals surface area contributed by atoms with E-state index in [9.17, 15) is 4.79 Å². The number of aromatic nitrogens is 3. The molecule has 7 heteroatoms. The van der Waals surface area contributed by atoms with E-state index in [0.29, 0.717) is 17.6 Å². The highest BCUT2D eigenvalue weighted by Crippen LogP contribution is 2.17. The van der Waals surface area contributed by atoms with Crippen molar-refractivity contribution in [1.29, 1.82) is 0 Å². The first kappa shape index (κ1) is 16.7. The van der Waals surface area contributed by atoms with Crippen LogP contribution in [0.4, 0.5) is 17.3 Å². The summed E-state index contributed by atoms with van der Waals surface area (Å²) in [6.07, 6.45) is 2.63. The molecule has 4 rings (SSSR count). The Labute approximate surface area is 155 Å². The van der Waals surface area contributed by atoms with Gasteiger partial charge in [-0.2, -0.15) is 4.98 Å². The van der Waals surface area contributed by atoms with Crippen LogP contribution in [0.15, 0.2) is 59.5 Å². The molecular weight excluding hydrogens is 340 g/mol. The first-order valence-corrected chi connectivity index (χ1v) is 8.61. The molecule has 0 fully saturated rings. The highest BCUT2D eigenvalue weighted by molar-refractivity contribution is 5.79. The molecule has 0 unspecified atom stereocenters. The molecule has 0 aliphatic heterocycles. The minimum Gasteiger partial charge on any atom is -0.399 e. The smallest absolute Gasteiger partial charge is 0.262 e. The molecule has 0 spiro atoms. The van der Waals surface area contributed by atoms with Crippen molar-refractivity contribution in [3.63, 3.8) is 0 Å². The second-order valence-corrected chi connectivity index (χ2v) is 6.46. The summed E-state index contributed by atoms with van der Waals surface area (Å²) in [4.78, 5) is 21.7. The maximum absolute atomic E-state index is 12.1. The third-order valence-corrected chi connectivity index (χ3v) is 4.47. The first-order chi connectivity index (χ1) is 13.1. The third-order valence-electron chi connectivity index (χ3n) is 4.47. The van der Waals surface area contributed by atoms with Gasteiger partial charge >= 0.3 is 0 Å². The number of nitrogens with one attached hydrogen (secondary N) is 3. The Hall–Kier alpha value is -3.74. The fourth-order valence-electron chi connectivity index (χ4n) is 3.07. The van der Waals surface area contributed by atoms with Crippen LogP contribution in [0.2, 0.25) is 0 Å². The number of nitrogens with two attached hydrogens (primary N) is 2. The van der Waals surface area contributed by atoms with Crippen LogP contribution in [0.1, 0.15) is 16.7 Å². The van der Waals surface area contributed by atoms with Gasteiger partial charge in [0.1, 0.15) is 5.65 Å². The molecule has 2 aromatic heterocycles. The Bertz CT molecular complexity index is 1130. The molecule has 0 aliphatic rings. The number of nitrogens with zero attached hydrogens (tertiary/aromatic N) is 1. The largest absolute Gasteiger partial charge is 0.399 e. The summed E-state index contributed by atoms with van der Waals surface area (Å²) in [5.41, 5.74) is 16.6. The lowest BCUT2D eigenvalue weighted by Gasteiger charge is -2.07. The van der Waals surface area contributed by atoms with Crippen molar-refractivity contribution in [2.75, 3.05) is 16.8 Å². The van der Waals surface area contributed by atoms with Crippen molar-refractivity contribution >= 4 is 28.4 Å². The Morgan fingerprint density at radius 2 is 1.63 bits per heavy atom. The van der Waals surface area contributed by atoms with Crippen molar-refractivity contribution in [1.82, 2.24) is 15.0 Å². The van der Waals surface area contributed by atoms with Crippen LogP contribution in [-0.4, -0.2) is 15.0 Å². The van der Waals surface area contributed by atoms with E-state index >= 15 is 0 Å². The Balaban J connectivity index is 1.45. The second kappa shape index (κ2) is 6.87. The minimum atomic E-state index is -0.241. The zero-order chi connectivity index (χ0) is 18.8. The minimum absolute atomic E-state index is 0.102. The molecule has 0 atom stereocenters. The summed E-state index contributed by atoms with van der Waals surface area (Å²) in [7, 11) is 0. The second-order valence-electron chi connectivity index (χ2n) is 6.46. The van der Waals surface area contributed by atoms with Crippen LogP contribution in [0.5, 0.6) is 0 Å². The number of benzene rings is 2. The topological polar surface area (TPSA) is 126 Å². The molecule has 7 nitrogen and oxygen atoms in total. The van der Waals surface area contributed by atoms with E-state index in [-0.39, 0.29) is 11.5 Å². The van der Waals surface area contributed by atoms with Gasteiger partial charge < -0.3 is 21.8 Å². The standard InChI is InChI=1S/C20H20N6O/c21-15-5-1-12(2-6-15)9-13-3-7-16(8-4-13)23-10-14-11-24-18-17(14)19(27)26-20(22)25-18/h1-8,11,23H,9-10,21H2,(H4,22,24,25,26,27). The lowest BCUT2D eigenvalue weighted by atomic mass is 10.0. The Morgan fingerprint density at radius 1 is 0.963 bits per heavy atom. The lowest BCUT2D eigenvalue weighted by molar-refractivity contribution is 1.14. The van der Waals surface area contributed by atoms with E-state index < -0.39 is 0 Å². The predicted octanol–water partition coefficient (Wildman–Crippen LogP) is 2.62. The number of H-pyrrole nitrogens is 2. The molecule has 2 aromatic carbocycles. The van der Waals surface area contributed by atoms with Crippen LogP contribution in [0, 0.1) is 0 Å². The predicted molar refractivity (Wildman–Crippen MR) is 109 cm³/mol. The van der Waals surface area contributed by atoms with Gasteiger partial charge in [0.2, 0.25) is 5.95 Å². The molecule has 4 aromatic rings. The Morgan fingerprint density at radius 3 is 2.33 bits per heavy atom. The average Bonchev–Trinajstić information content (AvgIpc) is 3.06. The van der Waals surface area contributed by atoms with Crippen LogP contribution < -0.4 is 22.3 Å². The fourth-order valence-corrected chi connectivity index (χ4v) is 3.07. The van der Waals surface area contributed by atoms with Crippen LogP contribution in [-0.2, 0) is 13.0 Å². The number of rotatable bonds is 5. The van der Waals surface area contributed by atoms with E-state index in [2.05, 4.69) is 32.4 Å². The van der Waals surface area contributed by atoms with Crippen molar-refractivity contribution in [3.05, 3.63) is 81.8 Å². The fraction of sp³-hybridized carbons (Fsp3) is 0.100. The van der Waals surface area contributed by atoms with Crippen molar-refractivity contribution in [2.45, 2.75) is 13.0 Å². The van der Waals surface area contributed by atoms with Crippen LogP contribution >= 0.6 is 0 Å². The summed E-state index contributed by atoms with van der Waals surface area (Å²) in [5.74, 6) is 0.102. The van der Waals surface area contributed by atoms with E-state index in [1.807, 2.05) is 36.4 Å². The number of fused-ring (bicyclic) bond motifs is 1. The molecule has 27 heavy (non-hydrogen) atoms. The highest BCUT2D eigenvalue weighted by Gasteiger charge is 2.09. The van der Waals surface area contributed by atoms with Gasteiger partial charge in [-0.25, -0.2) is 0 Å². The van der Waals surface area contributed by atoms with Gasteiger partial charge in [0.25, 0.3) is 5.56 Å². The van der Waals surface area contributed by atoms with Crippen LogP contribution in [0.3, 0.4) is 0 Å². The van der Waals surface area contributed by atoms with Gasteiger partial charge in [-0.05, 0) is 41.8 Å². The van der Waals surface area contributed by atoms with E-state index in [4.69, 9.17) is 11.5 Å². The molecule has 0 amide bonds. The molecule has 7 N–H and O–H groups in total. The number of hydrogen-bond acceptors (Lipinski definition) is 5. The normalized spacial score (nSPS) is 11.0. The SMILES string of the molecule is Nc1ccc(Cc2ccc(NCc3c[nH]c4nc(N)[nH]c(=O)c34)cc2)cc1. The molecule has 0 saturated carbocycles. The summed E-state index contributed by atoms with van der Waals surface area (Å²) in [6, 6.07) is 16.1. The highest BCUT2D eigenvalue weighted by atomic mass is 16.1. The summed E-state index contributed by atoms with van der Waals surface area (Å²) in [6.45, 7) is 0.506. The van der Waals surface area contributed by atoms with Crippen molar-refractivity contribution < 1.29 is 0 Å². The summed E-state index contributed by atoms with van der Waals surface area (Å²) >= 11 is 0. The number of nitrogen functional groups attached to an aromatic ring is 2. The molecule has 0 aliphatic carbocycles. The quantitative estimate of drug-likeness (QED) is 0.350. The summed E-state index contributed by atoms with van der Waals surface area (Å²) < 4.78 is 0. The monoisotopic (exact) mass is 360 g/mol. The van der Waals surface area contributed by atoms with E-state index in [1.165, 1.54) is 11.1 Å². The molecule has 0 bridgehead atoms. The van der Waals surface area contributed by atoms with Gasteiger partial charge in [-0.3, -0.25) is 9.78 Å². The van der Waals surface area contributed by atoms with Gasteiger partial charge in [-0.1, -0.05) is 24.3 Å². The summed E-state index contributed by atoms with van der Waals surface area (Å²) in [5, 5.41) is 3.86. The van der Waals surface area contributed by atoms with Crippen molar-refractivity contribution in [3.8, 4) is 0 Å². The maximum Gasteiger partial charge on any atom is 0.262 e. The molecular formula is C20H20N6O.